The van der Waals surface area contributed by atoms with E-state index >= 15 is 0 Å². The Morgan fingerprint density at radius 1 is 1.21 bits per heavy atom. The predicted molar refractivity (Wildman–Crippen MR) is 101 cm³/mol. The van der Waals surface area contributed by atoms with Crippen LogP contribution in [-0.2, 0) is 10.5 Å². The zero-order valence-corrected chi connectivity index (χ0v) is 14.9. The van der Waals surface area contributed by atoms with Gasteiger partial charge in [0.05, 0.1) is 17.4 Å². The number of amides is 1. The smallest absolute Gasteiger partial charge is 0.234 e. The van der Waals surface area contributed by atoms with Gasteiger partial charge in [-0.15, -0.1) is 11.8 Å². The molecule has 4 heteroatoms. The molecule has 3 nitrogen and oxygen atoms in total. The summed E-state index contributed by atoms with van der Waals surface area (Å²) in [5, 5.41) is 12.1. The molecular weight excluding hydrogens is 316 g/mol. The van der Waals surface area contributed by atoms with Crippen molar-refractivity contribution in [3.63, 3.8) is 0 Å². The molecule has 0 saturated heterocycles. The number of thioether (sulfide) groups is 1. The Morgan fingerprint density at radius 3 is 2.67 bits per heavy atom. The molecule has 2 aromatic rings. The second kappa shape index (κ2) is 9.14. The Bertz CT molecular complexity index is 736. The highest BCUT2D eigenvalue weighted by molar-refractivity contribution is 7.99. The molecular formula is C20H22N2OS. The zero-order valence-electron chi connectivity index (χ0n) is 14.1. The Morgan fingerprint density at radius 2 is 1.92 bits per heavy atom. The lowest BCUT2D eigenvalue weighted by molar-refractivity contribution is -0.113. The minimum atomic E-state index is -0.00908. The van der Waals surface area contributed by atoms with E-state index in [1.54, 1.807) is 6.07 Å². The summed E-state index contributed by atoms with van der Waals surface area (Å²) in [4.78, 5) is 12.2. The zero-order chi connectivity index (χ0) is 17.4. The highest BCUT2D eigenvalue weighted by atomic mass is 32.2. The average Bonchev–Trinajstić information content (AvgIpc) is 2.62. The maximum Gasteiger partial charge on any atom is 0.234 e. The van der Waals surface area contributed by atoms with E-state index < -0.39 is 0 Å². The number of nitrogens with one attached hydrogen (secondary N) is 1. The quantitative estimate of drug-likeness (QED) is 0.777. The summed E-state index contributed by atoms with van der Waals surface area (Å²) in [5.41, 5.74) is 3.72. The molecule has 0 aliphatic rings. The van der Waals surface area contributed by atoms with Gasteiger partial charge in [0.25, 0.3) is 0 Å². The van der Waals surface area contributed by atoms with Crippen molar-refractivity contribution in [3.05, 3.63) is 65.2 Å². The van der Waals surface area contributed by atoms with Crippen molar-refractivity contribution in [2.24, 2.45) is 0 Å². The molecule has 0 bridgehead atoms. The summed E-state index contributed by atoms with van der Waals surface area (Å²) in [6.45, 7) is 4.31. The Kier molecular flexibility index (Phi) is 6.89. The molecule has 0 unspecified atom stereocenters. The van der Waals surface area contributed by atoms with E-state index in [1.165, 1.54) is 17.3 Å². The van der Waals surface area contributed by atoms with Crippen molar-refractivity contribution in [1.29, 1.82) is 5.26 Å². The number of benzene rings is 2. The van der Waals surface area contributed by atoms with Gasteiger partial charge < -0.3 is 5.32 Å². The van der Waals surface area contributed by atoms with Gasteiger partial charge >= 0.3 is 0 Å². The number of para-hydroxylation sites is 1. The second-order valence-corrected chi connectivity index (χ2v) is 6.69. The molecule has 1 atom stereocenters. The number of hydrogen-bond acceptors (Lipinski definition) is 3. The van der Waals surface area contributed by atoms with Crippen LogP contribution in [0.15, 0.2) is 48.5 Å². The minimum Gasteiger partial charge on any atom is -0.325 e. The number of carbonyl (C=O) groups excluding carboxylic acids is 1. The summed E-state index contributed by atoms with van der Waals surface area (Å²) in [6.07, 6.45) is 1.03. The monoisotopic (exact) mass is 338 g/mol. The molecule has 0 aliphatic carbocycles. The van der Waals surface area contributed by atoms with E-state index in [9.17, 15) is 4.79 Å². The van der Waals surface area contributed by atoms with Crippen LogP contribution >= 0.6 is 11.8 Å². The molecule has 0 saturated carbocycles. The molecule has 0 radical (unpaired) electrons. The number of anilines is 1. The molecule has 1 amide bonds. The molecule has 0 aliphatic heterocycles. The standard InChI is InChI=1S/C20H22N2OS/c1-3-15(2)18-10-6-7-11-19(18)22-20(23)14-24-13-17-9-5-4-8-16(17)12-21/h4-11,15H,3,13-14H2,1-2H3,(H,22,23)/t15-/m0/s1. The topological polar surface area (TPSA) is 52.9 Å². The average molecular weight is 338 g/mol. The van der Waals surface area contributed by atoms with Crippen LogP contribution in [0.2, 0.25) is 0 Å². The van der Waals surface area contributed by atoms with Crippen LogP contribution in [0.5, 0.6) is 0 Å². The fourth-order valence-corrected chi connectivity index (χ4v) is 3.29. The van der Waals surface area contributed by atoms with Crippen molar-refractivity contribution in [1.82, 2.24) is 0 Å². The second-order valence-electron chi connectivity index (χ2n) is 5.71. The van der Waals surface area contributed by atoms with Crippen LogP contribution in [0.1, 0.15) is 42.9 Å². The normalized spacial score (nSPS) is 11.5. The van der Waals surface area contributed by atoms with E-state index in [-0.39, 0.29) is 5.91 Å². The Labute approximate surface area is 148 Å². The van der Waals surface area contributed by atoms with E-state index in [0.29, 0.717) is 23.0 Å². The first-order valence-corrected chi connectivity index (χ1v) is 9.25. The lowest BCUT2D eigenvalue weighted by Crippen LogP contribution is -2.16. The number of rotatable bonds is 7. The van der Waals surface area contributed by atoms with Crippen LogP contribution in [0.4, 0.5) is 5.69 Å². The van der Waals surface area contributed by atoms with Crippen LogP contribution in [0.3, 0.4) is 0 Å². The molecule has 2 aromatic carbocycles. The fourth-order valence-electron chi connectivity index (χ4n) is 2.46. The first kappa shape index (κ1) is 18.1. The maximum absolute atomic E-state index is 12.2. The lowest BCUT2D eigenvalue weighted by Gasteiger charge is -2.15. The molecule has 0 spiro atoms. The van der Waals surface area contributed by atoms with Gasteiger partial charge in [-0.25, -0.2) is 0 Å². The molecule has 0 aromatic heterocycles. The van der Waals surface area contributed by atoms with Gasteiger partial charge in [-0.2, -0.15) is 5.26 Å². The number of nitrogens with zero attached hydrogens (tertiary/aromatic N) is 1. The summed E-state index contributed by atoms with van der Waals surface area (Å²) < 4.78 is 0. The van der Waals surface area contributed by atoms with Crippen molar-refractivity contribution in [3.8, 4) is 6.07 Å². The summed E-state index contributed by atoms with van der Waals surface area (Å²) in [7, 11) is 0. The van der Waals surface area contributed by atoms with Crippen molar-refractivity contribution < 1.29 is 4.79 Å². The van der Waals surface area contributed by atoms with Gasteiger partial charge in [0.2, 0.25) is 5.91 Å². The molecule has 1 N–H and O–H groups in total. The predicted octanol–water partition coefficient (Wildman–Crippen LogP) is 4.94. The van der Waals surface area contributed by atoms with Gasteiger partial charge in [0.1, 0.15) is 0 Å². The van der Waals surface area contributed by atoms with Crippen LogP contribution in [-0.4, -0.2) is 11.7 Å². The summed E-state index contributed by atoms with van der Waals surface area (Å²) >= 11 is 1.52. The molecule has 0 heterocycles. The van der Waals surface area contributed by atoms with Gasteiger partial charge in [-0.1, -0.05) is 50.2 Å². The molecule has 2 rings (SSSR count). The minimum absolute atomic E-state index is 0.00908. The van der Waals surface area contributed by atoms with E-state index in [2.05, 4.69) is 31.3 Å². The van der Waals surface area contributed by atoms with Crippen LogP contribution in [0.25, 0.3) is 0 Å². The SMILES string of the molecule is CC[C@H](C)c1ccccc1NC(=O)CSCc1ccccc1C#N. The maximum atomic E-state index is 12.2. The Hall–Kier alpha value is -2.25. The first-order valence-electron chi connectivity index (χ1n) is 8.10. The molecule has 124 valence electrons. The third-order valence-corrected chi connectivity index (χ3v) is 4.99. The van der Waals surface area contributed by atoms with E-state index in [1.807, 2.05) is 36.4 Å². The summed E-state index contributed by atoms with van der Waals surface area (Å²) in [6, 6.07) is 17.7. The molecule has 24 heavy (non-hydrogen) atoms. The highest BCUT2D eigenvalue weighted by Crippen LogP contribution is 2.26. The number of hydrogen-bond donors (Lipinski definition) is 1. The van der Waals surface area contributed by atoms with Crippen LogP contribution in [0, 0.1) is 11.3 Å². The van der Waals surface area contributed by atoms with Gasteiger partial charge in [0, 0.05) is 11.4 Å². The third kappa shape index (κ3) is 4.87. The van der Waals surface area contributed by atoms with Gasteiger partial charge in [-0.05, 0) is 35.6 Å². The number of nitriles is 1. The van der Waals surface area contributed by atoms with Crippen LogP contribution < -0.4 is 5.32 Å². The van der Waals surface area contributed by atoms with Crippen molar-refractivity contribution in [2.75, 3.05) is 11.1 Å². The van der Waals surface area contributed by atoms with Crippen molar-refractivity contribution >= 4 is 23.4 Å². The van der Waals surface area contributed by atoms with Gasteiger partial charge in [-0.3, -0.25) is 4.79 Å². The van der Waals surface area contributed by atoms with E-state index in [0.717, 1.165) is 17.7 Å². The summed E-state index contributed by atoms with van der Waals surface area (Å²) in [5.74, 6) is 1.43. The Balaban J connectivity index is 1.92. The largest absolute Gasteiger partial charge is 0.325 e. The first-order chi connectivity index (χ1) is 11.7. The van der Waals surface area contributed by atoms with Gasteiger partial charge in [0.15, 0.2) is 0 Å². The third-order valence-electron chi connectivity index (χ3n) is 4.01. The highest BCUT2D eigenvalue weighted by Gasteiger charge is 2.11. The lowest BCUT2D eigenvalue weighted by atomic mass is 9.97. The fraction of sp³-hybridized carbons (Fsp3) is 0.300. The molecule has 0 fully saturated rings. The number of carbonyl (C=O) groups is 1. The van der Waals surface area contributed by atoms with Crippen molar-refractivity contribution in [2.45, 2.75) is 31.9 Å². The van der Waals surface area contributed by atoms with E-state index in [4.69, 9.17) is 5.26 Å².